The molecule has 0 fully saturated rings. The minimum absolute atomic E-state index is 0.383. The molecule has 1 aromatic heterocycles. The molecule has 0 aliphatic rings. The molecule has 0 aliphatic heterocycles. The number of rotatable bonds is 5. The number of nitrogens with zero attached hydrogens (tertiary/aromatic N) is 2. The van der Waals surface area contributed by atoms with Gasteiger partial charge in [0.1, 0.15) is 12.4 Å². The van der Waals surface area contributed by atoms with E-state index in [2.05, 4.69) is 32.6 Å². The van der Waals surface area contributed by atoms with E-state index in [9.17, 15) is 0 Å². The van der Waals surface area contributed by atoms with Crippen molar-refractivity contribution in [2.24, 2.45) is 0 Å². The largest absolute Gasteiger partial charge is 0.383 e. The predicted octanol–water partition coefficient (Wildman–Crippen LogP) is 1.35. The van der Waals surface area contributed by atoms with Crippen LogP contribution in [0.1, 0.15) is 18.4 Å². The Balaban J connectivity index is 2.90. The molecule has 0 amide bonds. The molecule has 0 bridgehead atoms. The highest BCUT2D eigenvalue weighted by Crippen LogP contribution is 2.17. The van der Waals surface area contributed by atoms with Crippen LogP contribution in [0.2, 0.25) is 0 Å². The van der Waals surface area contributed by atoms with Crippen molar-refractivity contribution in [1.29, 1.82) is 0 Å². The number of nitrogen functional groups attached to an aromatic ring is 1. The van der Waals surface area contributed by atoms with Crippen molar-refractivity contribution in [2.45, 2.75) is 20.1 Å². The lowest BCUT2D eigenvalue weighted by Gasteiger charge is -2.08. The molecule has 0 saturated heterocycles. The summed E-state index contributed by atoms with van der Waals surface area (Å²) in [4.78, 5) is 8.44. The van der Waals surface area contributed by atoms with Crippen molar-refractivity contribution >= 4 is 28.4 Å². The van der Waals surface area contributed by atoms with E-state index >= 15 is 0 Å². The number of aromatic nitrogens is 2. The van der Waals surface area contributed by atoms with E-state index in [4.69, 9.17) is 15.2 Å². The number of methoxy groups -OCH3 is 1. The molecule has 1 aromatic rings. The molecular formula is C9H14IN3O2. The molecule has 2 N–H and O–H groups in total. The van der Waals surface area contributed by atoms with Crippen molar-refractivity contribution in [2.75, 3.05) is 19.5 Å². The molecule has 0 aromatic carbocycles. The Morgan fingerprint density at radius 2 is 2.07 bits per heavy atom. The topological polar surface area (TPSA) is 70.3 Å². The van der Waals surface area contributed by atoms with Gasteiger partial charge in [-0.05, 0) is 29.5 Å². The van der Waals surface area contributed by atoms with E-state index in [-0.39, 0.29) is 0 Å². The van der Waals surface area contributed by atoms with Gasteiger partial charge >= 0.3 is 0 Å². The van der Waals surface area contributed by atoms with Gasteiger partial charge in [0, 0.05) is 13.7 Å². The third-order valence-corrected chi connectivity index (χ3v) is 2.88. The van der Waals surface area contributed by atoms with Crippen molar-refractivity contribution in [3.05, 3.63) is 15.1 Å². The van der Waals surface area contributed by atoms with Crippen LogP contribution < -0.4 is 5.73 Å². The van der Waals surface area contributed by atoms with Crippen LogP contribution in [0.5, 0.6) is 0 Å². The summed E-state index contributed by atoms with van der Waals surface area (Å²) in [5, 5.41) is 0. The van der Waals surface area contributed by atoms with Crippen LogP contribution in [0, 0.1) is 3.57 Å². The average molecular weight is 323 g/mol. The maximum Gasteiger partial charge on any atom is 0.156 e. The Kier molecular flexibility index (Phi) is 5.20. The molecule has 0 radical (unpaired) electrons. The first-order valence-corrected chi connectivity index (χ1v) is 5.64. The average Bonchev–Trinajstić information content (AvgIpc) is 2.22. The normalized spacial score (nSPS) is 10.6. The fourth-order valence-electron chi connectivity index (χ4n) is 1.06. The highest BCUT2D eigenvalue weighted by Gasteiger charge is 2.09. The first kappa shape index (κ1) is 12.6. The van der Waals surface area contributed by atoms with Crippen LogP contribution in [0.4, 0.5) is 5.82 Å². The van der Waals surface area contributed by atoms with E-state index in [1.807, 2.05) is 6.92 Å². The standard InChI is InChI=1S/C9H14IN3O2/c1-3-15-5-7-12-6(4-14-2)8(10)9(11)13-7/h3-5H2,1-2H3,(H2,11,12,13). The minimum Gasteiger partial charge on any atom is -0.383 e. The van der Waals surface area contributed by atoms with Gasteiger partial charge in [0.05, 0.1) is 15.9 Å². The van der Waals surface area contributed by atoms with Crippen molar-refractivity contribution in [3.8, 4) is 0 Å². The fourth-order valence-corrected chi connectivity index (χ4v) is 1.45. The minimum atomic E-state index is 0.383. The number of nitrogens with two attached hydrogens (primary N) is 1. The molecule has 5 nitrogen and oxygen atoms in total. The predicted molar refractivity (Wildman–Crippen MR) is 65.2 cm³/mol. The summed E-state index contributed by atoms with van der Waals surface area (Å²) >= 11 is 2.11. The second-order valence-electron chi connectivity index (χ2n) is 2.86. The molecule has 84 valence electrons. The summed E-state index contributed by atoms with van der Waals surface area (Å²) < 4.78 is 11.1. The zero-order chi connectivity index (χ0) is 11.3. The lowest BCUT2D eigenvalue weighted by Crippen LogP contribution is -2.09. The van der Waals surface area contributed by atoms with Gasteiger partial charge in [-0.25, -0.2) is 9.97 Å². The summed E-state index contributed by atoms with van der Waals surface area (Å²) in [6.07, 6.45) is 0. The summed E-state index contributed by atoms with van der Waals surface area (Å²) in [6.45, 7) is 3.37. The Morgan fingerprint density at radius 1 is 1.33 bits per heavy atom. The van der Waals surface area contributed by atoms with Gasteiger partial charge in [0.25, 0.3) is 0 Å². The first-order chi connectivity index (χ1) is 7.19. The Labute approximate surface area is 103 Å². The van der Waals surface area contributed by atoms with Crippen molar-refractivity contribution in [1.82, 2.24) is 9.97 Å². The van der Waals surface area contributed by atoms with Crippen molar-refractivity contribution < 1.29 is 9.47 Å². The summed E-state index contributed by atoms with van der Waals surface area (Å²) in [5.41, 5.74) is 6.56. The van der Waals surface area contributed by atoms with Crippen LogP contribution in [0.15, 0.2) is 0 Å². The number of hydrogen-bond donors (Lipinski definition) is 1. The van der Waals surface area contributed by atoms with Gasteiger partial charge in [-0.15, -0.1) is 0 Å². The van der Waals surface area contributed by atoms with E-state index < -0.39 is 0 Å². The van der Waals surface area contributed by atoms with Gasteiger partial charge < -0.3 is 15.2 Å². The molecule has 0 saturated carbocycles. The van der Waals surface area contributed by atoms with Gasteiger partial charge in [-0.3, -0.25) is 0 Å². The quantitative estimate of drug-likeness (QED) is 0.828. The third-order valence-electron chi connectivity index (χ3n) is 1.71. The summed E-state index contributed by atoms with van der Waals surface area (Å²) in [6, 6.07) is 0. The highest BCUT2D eigenvalue weighted by molar-refractivity contribution is 14.1. The number of halogens is 1. The molecule has 6 heteroatoms. The monoisotopic (exact) mass is 323 g/mol. The van der Waals surface area contributed by atoms with Crippen LogP contribution in [0.3, 0.4) is 0 Å². The number of ether oxygens (including phenoxy) is 2. The van der Waals surface area contributed by atoms with Crippen LogP contribution in [-0.4, -0.2) is 23.7 Å². The lowest BCUT2D eigenvalue weighted by atomic mass is 10.4. The van der Waals surface area contributed by atoms with E-state index in [1.165, 1.54) is 0 Å². The maximum absolute atomic E-state index is 5.75. The second kappa shape index (κ2) is 6.19. The second-order valence-corrected chi connectivity index (χ2v) is 3.93. The Bertz CT molecular complexity index is 333. The van der Waals surface area contributed by atoms with Crippen LogP contribution in [0.25, 0.3) is 0 Å². The summed E-state index contributed by atoms with van der Waals surface area (Å²) in [7, 11) is 1.62. The zero-order valence-corrected chi connectivity index (χ0v) is 10.9. The van der Waals surface area contributed by atoms with Gasteiger partial charge in [-0.2, -0.15) is 0 Å². The smallest absolute Gasteiger partial charge is 0.156 e. The van der Waals surface area contributed by atoms with Crippen molar-refractivity contribution in [3.63, 3.8) is 0 Å². The number of anilines is 1. The molecular weight excluding hydrogens is 309 g/mol. The molecule has 1 heterocycles. The first-order valence-electron chi connectivity index (χ1n) is 4.56. The van der Waals surface area contributed by atoms with E-state index in [1.54, 1.807) is 7.11 Å². The number of hydrogen-bond acceptors (Lipinski definition) is 5. The summed E-state index contributed by atoms with van der Waals surface area (Å²) in [5.74, 6) is 1.08. The lowest BCUT2D eigenvalue weighted by molar-refractivity contribution is 0.127. The Morgan fingerprint density at radius 3 is 2.67 bits per heavy atom. The van der Waals surface area contributed by atoms with E-state index in [0.717, 1.165) is 9.26 Å². The third kappa shape index (κ3) is 3.54. The Hall–Kier alpha value is -0.470. The highest BCUT2D eigenvalue weighted by atomic mass is 127. The molecule has 15 heavy (non-hydrogen) atoms. The molecule has 0 atom stereocenters. The van der Waals surface area contributed by atoms with Crippen LogP contribution in [-0.2, 0) is 22.7 Å². The fraction of sp³-hybridized carbons (Fsp3) is 0.556. The van der Waals surface area contributed by atoms with Gasteiger partial charge in [0.15, 0.2) is 5.82 Å². The van der Waals surface area contributed by atoms with E-state index in [0.29, 0.717) is 31.5 Å². The van der Waals surface area contributed by atoms with Crippen LogP contribution >= 0.6 is 22.6 Å². The maximum atomic E-state index is 5.75. The zero-order valence-electron chi connectivity index (χ0n) is 8.79. The molecule has 0 unspecified atom stereocenters. The van der Waals surface area contributed by atoms with Gasteiger partial charge in [0.2, 0.25) is 0 Å². The molecule has 0 spiro atoms. The SMILES string of the molecule is CCOCc1nc(N)c(I)c(COC)n1. The molecule has 1 rings (SSSR count). The molecule has 0 aliphatic carbocycles. The van der Waals surface area contributed by atoms with Gasteiger partial charge in [-0.1, -0.05) is 0 Å².